The quantitative estimate of drug-likeness (QED) is 0.489. The van der Waals surface area contributed by atoms with E-state index in [9.17, 15) is 9.59 Å². The van der Waals surface area contributed by atoms with Crippen molar-refractivity contribution >= 4 is 23.2 Å². The van der Waals surface area contributed by atoms with Crippen molar-refractivity contribution in [2.45, 2.75) is 6.42 Å². The highest BCUT2D eigenvalue weighted by Gasteiger charge is 2.12. The number of anilines is 2. The fraction of sp³-hybridized carbons (Fsp3) is 0.0400. The van der Waals surface area contributed by atoms with Crippen LogP contribution in [0.1, 0.15) is 31.8 Å². The lowest BCUT2D eigenvalue weighted by atomic mass is 10.0. The topological polar surface area (TPSA) is 84.0 Å². The van der Waals surface area contributed by atoms with Crippen LogP contribution in [0, 0.1) is 0 Å². The molecule has 2 aromatic heterocycles. The van der Waals surface area contributed by atoms with Crippen LogP contribution in [0.5, 0.6) is 0 Å². The number of nitrogens with zero attached hydrogens (tertiary/aromatic N) is 2. The summed E-state index contributed by atoms with van der Waals surface area (Å²) in [6, 6.07) is 21.9. The van der Waals surface area contributed by atoms with Gasteiger partial charge in [-0.2, -0.15) is 0 Å². The molecule has 0 spiro atoms. The van der Waals surface area contributed by atoms with Gasteiger partial charge in [-0.3, -0.25) is 19.6 Å². The van der Waals surface area contributed by atoms with Crippen LogP contribution in [0.3, 0.4) is 0 Å². The zero-order valence-electron chi connectivity index (χ0n) is 16.7. The molecule has 0 bridgehead atoms. The van der Waals surface area contributed by atoms with E-state index in [4.69, 9.17) is 0 Å². The number of pyridine rings is 2. The first-order valence-electron chi connectivity index (χ1n) is 9.79. The molecule has 2 heterocycles. The first kappa shape index (κ1) is 20.0. The normalized spacial score (nSPS) is 10.3. The van der Waals surface area contributed by atoms with Gasteiger partial charge in [0.15, 0.2) is 0 Å². The number of carbonyl (C=O) groups is 2. The summed E-state index contributed by atoms with van der Waals surface area (Å²) >= 11 is 0. The molecular formula is C25H20N4O2. The van der Waals surface area contributed by atoms with E-state index in [1.165, 1.54) is 0 Å². The van der Waals surface area contributed by atoms with E-state index in [0.717, 1.165) is 22.5 Å². The number of benzene rings is 2. The van der Waals surface area contributed by atoms with E-state index >= 15 is 0 Å². The SMILES string of the molecule is O=C(Nc1ccccc1Cc1ccccc1NC(=O)c1ccncc1)c1ccncc1. The highest BCUT2D eigenvalue weighted by Crippen LogP contribution is 2.24. The van der Waals surface area contributed by atoms with Crippen LogP contribution in [-0.2, 0) is 6.42 Å². The van der Waals surface area contributed by atoms with Gasteiger partial charge in [-0.15, -0.1) is 0 Å². The summed E-state index contributed by atoms with van der Waals surface area (Å²) in [6.45, 7) is 0. The standard InChI is InChI=1S/C25H20N4O2/c30-24(18-9-13-26-14-10-18)28-22-7-3-1-5-20(22)17-21-6-2-4-8-23(21)29-25(31)19-11-15-27-16-12-19/h1-16H,17H2,(H,28,30)(H,29,31). The van der Waals surface area contributed by atoms with Gasteiger partial charge < -0.3 is 10.6 Å². The first-order chi connectivity index (χ1) is 15.2. The maximum absolute atomic E-state index is 12.6. The van der Waals surface area contributed by atoms with Crippen molar-refractivity contribution in [1.82, 2.24) is 9.97 Å². The molecule has 2 amide bonds. The number of hydrogen-bond donors (Lipinski definition) is 2. The third-order valence-electron chi connectivity index (χ3n) is 4.80. The Balaban J connectivity index is 1.55. The van der Waals surface area contributed by atoms with Crippen LogP contribution < -0.4 is 10.6 Å². The lowest BCUT2D eigenvalue weighted by molar-refractivity contribution is 0.101. The third-order valence-corrected chi connectivity index (χ3v) is 4.80. The van der Waals surface area contributed by atoms with Crippen LogP contribution in [0.4, 0.5) is 11.4 Å². The molecule has 0 saturated heterocycles. The van der Waals surface area contributed by atoms with Crippen molar-refractivity contribution < 1.29 is 9.59 Å². The summed E-state index contributed by atoms with van der Waals surface area (Å²) in [5.74, 6) is -0.400. The molecule has 0 saturated carbocycles. The molecule has 0 atom stereocenters. The van der Waals surface area contributed by atoms with Gasteiger partial charge in [0.2, 0.25) is 0 Å². The van der Waals surface area contributed by atoms with Gasteiger partial charge in [-0.1, -0.05) is 36.4 Å². The lowest BCUT2D eigenvalue weighted by Crippen LogP contribution is -2.15. The minimum atomic E-state index is -0.200. The summed E-state index contributed by atoms with van der Waals surface area (Å²) in [5.41, 5.74) is 4.40. The summed E-state index contributed by atoms with van der Waals surface area (Å²) in [6.07, 6.45) is 6.88. The molecule has 152 valence electrons. The molecule has 31 heavy (non-hydrogen) atoms. The van der Waals surface area contributed by atoms with Crippen molar-refractivity contribution in [1.29, 1.82) is 0 Å². The fourth-order valence-electron chi connectivity index (χ4n) is 3.19. The second kappa shape index (κ2) is 9.45. The van der Waals surface area contributed by atoms with E-state index in [0.29, 0.717) is 17.5 Å². The Hall–Kier alpha value is -4.32. The average Bonchev–Trinajstić information content (AvgIpc) is 2.82. The Bertz CT molecular complexity index is 1100. The Morgan fingerprint density at radius 1 is 0.581 bits per heavy atom. The van der Waals surface area contributed by atoms with Gasteiger partial charge in [0.25, 0.3) is 11.8 Å². The second-order valence-corrected chi connectivity index (χ2v) is 6.87. The summed E-state index contributed by atoms with van der Waals surface area (Å²) in [4.78, 5) is 33.1. The van der Waals surface area contributed by atoms with Gasteiger partial charge in [-0.25, -0.2) is 0 Å². The van der Waals surface area contributed by atoms with E-state index in [2.05, 4.69) is 20.6 Å². The number of nitrogens with one attached hydrogen (secondary N) is 2. The van der Waals surface area contributed by atoms with E-state index in [1.54, 1.807) is 49.1 Å². The number of carbonyl (C=O) groups excluding carboxylic acids is 2. The number of aromatic nitrogens is 2. The van der Waals surface area contributed by atoms with E-state index in [-0.39, 0.29) is 11.8 Å². The van der Waals surface area contributed by atoms with Crippen LogP contribution in [0.2, 0.25) is 0 Å². The van der Waals surface area contributed by atoms with Crippen LogP contribution in [-0.4, -0.2) is 21.8 Å². The van der Waals surface area contributed by atoms with E-state index in [1.807, 2.05) is 48.5 Å². The molecular weight excluding hydrogens is 388 g/mol. The predicted octanol–water partition coefficient (Wildman–Crippen LogP) is 4.57. The molecule has 2 aromatic carbocycles. The fourth-order valence-corrected chi connectivity index (χ4v) is 3.19. The maximum Gasteiger partial charge on any atom is 0.255 e. The number of para-hydroxylation sites is 2. The monoisotopic (exact) mass is 408 g/mol. The summed E-state index contributed by atoms with van der Waals surface area (Å²) in [5, 5.41) is 5.94. The Morgan fingerprint density at radius 2 is 0.968 bits per heavy atom. The number of rotatable bonds is 6. The summed E-state index contributed by atoms with van der Waals surface area (Å²) < 4.78 is 0. The summed E-state index contributed by atoms with van der Waals surface area (Å²) in [7, 11) is 0. The van der Waals surface area contributed by atoms with Crippen molar-refractivity contribution in [3.8, 4) is 0 Å². The molecule has 4 rings (SSSR count). The van der Waals surface area contributed by atoms with Crippen molar-refractivity contribution in [2.24, 2.45) is 0 Å². The van der Waals surface area contributed by atoms with E-state index < -0.39 is 0 Å². The maximum atomic E-state index is 12.6. The molecule has 0 radical (unpaired) electrons. The highest BCUT2D eigenvalue weighted by molar-refractivity contribution is 6.05. The van der Waals surface area contributed by atoms with Gasteiger partial charge in [-0.05, 0) is 47.5 Å². The van der Waals surface area contributed by atoms with Crippen LogP contribution >= 0.6 is 0 Å². The predicted molar refractivity (Wildman–Crippen MR) is 120 cm³/mol. The molecule has 6 heteroatoms. The van der Waals surface area contributed by atoms with Crippen molar-refractivity contribution in [2.75, 3.05) is 10.6 Å². The van der Waals surface area contributed by atoms with Gasteiger partial charge in [0.1, 0.15) is 0 Å². The zero-order chi connectivity index (χ0) is 21.5. The Kier molecular flexibility index (Phi) is 6.09. The third kappa shape index (κ3) is 5.00. The zero-order valence-corrected chi connectivity index (χ0v) is 16.7. The van der Waals surface area contributed by atoms with Crippen LogP contribution in [0.25, 0.3) is 0 Å². The molecule has 2 N–H and O–H groups in total. The minimum absolute atomic E-state index is 0.200. The molecule has 0 unspecified atom stereocenters. The Morgan fingerprint density at radius 3 is 1.39 bits per heavy atom. The molecule has 0 aliphatic heterocycles. The second-order valence-electron chi connectivity index (χ2n) is 6.87. The average molecular weight is 408 g/mol. The molecule has 0 fully saturated rings. The smallest absolute Gasteiger partial charge is 0.255 e. The molecule has 0 aliphatic carbocycles. The number of amides is 2. The van der Waals surface area contributed by atoms with Crippen LogP contribution in [0.15, 0.2) is 97.6 Å². The lowest BCUT2D eigenvalue weighted by Gasteiger charge is -2.14. The van der Waals surface area contributed by atoms with Gasteiger partial charge in [0.05, 0.1) is 0 Å². The largest absolute Gasteiger partial charge is 0.322 e. The number of hydrogen-bond acceptors (Lipinski definition) is 4. The van der Waals surface area contributed by atoms with Crippen molar-refractivity contribution in [3.63, 3.8) is 0 Å². The van der Waals surface area contributed by atoms with Crippen molar-refractivity contribution in [3.05, 3.63) is 120 Å². The minimum Gasteiger partial charge on any atom is -0.322 e. The Labute approximate surface area is 180 Å². The van der Waals surface area contributed by atoms with Gasteiger partial charge in [0, 0.05) is 53.7 Å². The molecule has 0 aliphatic rings. The highest BCUT2D eigenvalue weighted by atomic mass is 16.2. The van der Waals surface area contributed by atoms with Gasteiger partial charge >= 0.3 is 0 Å². The molecule has 6 nitrogen and oxygen atoms in total. The molecule has 4 aromatic rings. The first-order valence-corrected chi connectivity index (χ1v) is 9.79.